The Morgan fingerprint density at radius 1 is 1.18 bits per heavy atom. The van der Waals surface area contributed by atoms with Gasteiger partial charge in [-0.15, -0.1) is 0 Å². The van der Waals surface area contributed by atoms with E-state index in [9.17, 15) is 0 Å². The van der Waals surface area contributed by atoms with Crippen LogP contribution in [-0.2, 0) is 0 Å². The maximum absolute atomic E-state index is 5.46. The van der Waals surface area contributed by atoms with Gasteiger partial charge in [0.15, 0.2) is 11.5 Å². The van der Waals surface area contributed by atoms with Crippen LogP contribution in [0.25, 0.3) is 0 Å². The van der Waals surface area contributed by atoms with Crippen LogP contribution in [0.1, 0.15) is 30.7 Å². The molecule has 1 atom stereocenters. The van der Waals surface area contributed by atoms with Gasteiger partial charge in [-0.2, -0.15) is 0 Å². The largest absolute Gasteiger partial charge is 0.454 e. The molecular formula is C14H17NO2. The molecule has 1 aromatic carbocycles. The molecule has 3 nitrogen and oxygen atoms in total. The fourth-order valence-electron chi connectivity index (χ4n) is 3.46. The Hall–Kier alpha value is -1.22. The molecule has 1 saturated heterocycles. The zero-order chi connectivity index (χ0) is 11.3. The van der Waals surface area contributed by atoms with Gasteiger partial charge in [0.25, 0.3) is 0 Å². The van der Waals surface area contributed by atoms with E-state index in [1.165, 1.54) is 37.9 Å². The van der Waals surface area contributed by atoms with Crippen molar-refractivity contribution < 1.29 is 9.47 Å². The van der Waals surface area contributed by atoms with Crippen LogP contribution in [0, 0.1) is 5.41 Å². The number of hydrogen-bond donors (Lipinski definition) is 1. The van der Waals surface area contributed by atoms with Gasteiger partial charge < -0.3 is 14.8 Å². The standard InChI is InChI=1S/C14H17NO2/c1-2-12-13(17-9-16-12)5-10(1)11-3-4-14(6-11)7-15-8-14/h1-2,5,11,15H,3-4,6-9H2. The first-order chi connectivity index (χ1) is 8.35. The molecule has 2 heterocycles. The molecule has 3 heteroatoms. The molecule has 0 amide bonds. The highest BCUT2D eigenvalue weighted by molar-refractivity contribution is 5.45. The summed E-state index contributed by atoms with van der Waals surface area (Å²) in [6, 6.07) is 6.45. The summed E-state index contributed by atoms with van der Waals surface area (Å²) in [5, 5.41) is 3.41. The highest BCUT2D eigenvalue weighted by atomic mass is 16.7. The third-order valence-electron chi connectivity index (χ3n) is 4.57. The number of rotatable bonds is 1. The molecule has 2 aliphatic heterocycles. The van der Waals surface area contributed by atoms with Crippen molar-refractivity contribution in [3.63, 3.8) is 0 Å². The second-order valence-corrected chi connectivity index (χ2v) is 5.66. The van der Waals surface area contributed by atoms with E-state index in [-0.39, 0.29) is 0 Å². The van der Waals surface area contributed by atoms with Crippen LogP contribution in [0.3, 0.4) is 0 Å². The summed E-state index contributed by atoms with van der Waals surface area (Å²) in [4.78, 5) is 0. The lowest BCUT2D eigenvalue weighted by Gasteiger charge is -2.39. The summed E-state index contributed by atoms with van der Waals surface area (Å²) in [5.74, 6) is 2.54. The van der Waals surface area contributed by atoms with Crippen LogP contribution in [0.5, 0.6) is 11.5 Å². The highest BCUT2D eigenvalue weighted by Gasteiger charge is 2.43. The molecule has 2 fully saturated rings. The van der Waals surface area contributed by atoms with Crippen molar-refractivity contribution in [2.24, 2.45) is 5.41 Å². The predicted molar refractivity (Wildman–Crippen MR) is 64.5 cm³/mol. The minimum absolute atomic E-state index is 0.372. The number of fused-ring (bicyclic) bond motifs is 1. The molecule has 1 unspecified atom stereocenters. The highest BCUT2D eigenvalue weighted by Crippen LogP contribution is 2.49. The van der Waals surface area contributed by atoms with E-state index in [0.717, 1.165) is 11.5 Å². The van der Waals surface area contributed by atoms with Gasteiger partial charge in [-0.25, -0.2) is 0 Å². The van der Waals surface area contributed by atoms with Gasteiger partial charge in [0, 0.05) is 13.1 Å². The Bertz CT molecular complexity index is 454. The molecule has 1 aromatic rings. The van der Waals surface area contributed by atoms with E-state index in [2.05, 4.69) is 23.5 Å². The Morgan fingerprint density at radius 3 is 2.82 bits per heavy atom. The fraction of sp³-hybridized carbons (Fsp3) is 0.571. The summed E-state index contributed by atoms with van der Waals surface area (Å²) in [7, 11) is 0. The Morgan fingerprint density at radius 2 is 2.06 bits per heavy atom. The first-order valence-electron chi connectivity index (χ1n) is 6.45. The van der Waals surface area contributed by atoms with E-state index in [1.54, 1.807) is 0 Å². The Labute approximate surface area is 101 Å². The molecule has 1 N–H and O–H groups in total. The first-order valence-corrected chi connectivity index (χ1v) is 6.45. The molecule has 0 bridgehead atoms. The normalized spacial score (nSPS) is 28.4. The summed E-state index contributed by atoms with van der Waals surface area (Å²) >= 11 is 0. The average molecular weight is 231 g/mol. The zero-order valence-electron chi connectivity index (χ0n) is 9.87. The van der Waals surface area contributed by atoms with Crippen LogP contribution in [0.15, 0.2) is 18.2 Å². The Kier molecular flexibility index (Phi) is 1.95. The van der Waals surface area contributed by atoms with Crippen LogP contribution < -0.4 is 14.8 Å². The van der Waals surface area contributed by atoms with Gasteiger partial charge in [0.2, 0.25) is 6.79 Å². The zero-order valence-corrected chi connectivity index (χ0v) is 9.87. The number of hydrogen-bond acceptors (Lipinski definition) is 3. The minimum atomic E-state index is 0.372. The third-order valence-corrected chi connectivity index (χ3v) is 4.57. The van der Waals surface area contributed by atoms with E-state index >= 15 is 0 Å². The van der Waals surface area contributed by atoms with E-state index < -0.39 is 0 Å². The van der Waals surface area contributed by atoms with Crippen LogP contribution in [-0.4, -0.2) is 19.9 Å². The molecular weight excluding hydrogens is 214 g/mol. The lowest BCUT2D eigenvalue weighted by Crippen LogP contribution is -2.51. The SMILES string of the molecule is c1cc2c(cc1C1CCC3(CNC3)C1)OCO2. The van der Waals surface area contributed by atoms with Gasteiger partial charge in [-0.05, 0) is 48.3 Å². The molecule has 1 saturated carbocycles. The minimum Gasteiger partial charge on any atom is -0.454 e. The number of nitrogens with one attached hydrogen (secondary N) is 1. The lowest BCUT2D eigenvalue weighted by atomic mass is 9.79. The van der Waals surface area contributed by atoms with Gasteiger partial charge >= 0.3 is 0 Å². The van der Waals surface area contributed by atoms with Crippen molar-refractivity contribution in [2.45, 2.75) is 25.2 Å². The van der Waals surface area contributed by atoms with Gasteiger partial charge in [0.1, 0.15) is 0 Å². The molecule has 1 spiro atoms. The molecule has 17 heavy (non-hydrogen) atoms. The Balaban J connectivity index is 1.59. The maximum atomic E-state index is 5.46. The van der Waals surface area contributed by atoms with Crippen molar-refractivity contribution >= 4 is 0 Å². The average Bonchev–Trinajstić information content (AvgIpc) is 2.94. The second kappa shape index (κ2) is 3.39. The summed E-state index contributed by atoms with van der Waals surface area (Å²) in [6.45, 7) is 2.80. The molecule has 3 aliphatic rings. The molecule has 1 aliphatic carbocycles. The second-order valence-electron chi connectivity index (χ2n) is 5.66. The quantitative estimate of drug-likeness (QED) is 0.804. The summed E-state index contributed by atoms with van der Waals surface area (Å²) in [6.07, 6.45) is 4.03. The van der Waals surface area contributed by atoms with Crippen molar-refractivity contribution in [1.82, 2.24) is 5.32 Å². The topological polar surface area (TPSA) is 30.5 Å². The lowest BCUT2D eigenvalue weighted by molar-refractivity contribution is 0.173. The van der Waals surface area contributed by atoms with Gasteiger partial charge in [-0.3, -0.25) is 0 Å². The molecule has 0 aromatic heterocycles. The van der Waals surface area contributed by atoms with E-state index in [0.29, 0.717) is 18.1 Å². The van der Waals surface area contributed by atoms with Crippen molar-refractivity contribution in [3.05, 3.63) is 23.8 Å². The van der Waals surface area contributed by atoms with Crippen molar-refractivity contribution in [2.75, 3.05) is 19.9 Å². The third kappa shape index (κ3) is 1.45. The van der Waals surface area contributed by atoms with Crippen LogP contribution >= 0.6 is 0 Å². The molecule has 4 rings (SSSR count). The smallest absolute Gasteiger partial charge is 0.231 e. The van der Waals surface area contributed by atoms with Crippen molar-refractivity contribution in [3.8, 4) is 11.5 Å². The fourth-order valence-corrected chi connectivity index (χ4v) is 3.46. The van der Waals surface area contributed by atoms with Crippen molar-refractivity contribution in [1.29, 1.82) is 0 Å². The van der Waals surface area contributed by atoms with Crippen LogP contribution in [0.2, 0.25) is 0 Å². The molecule has 90 valence electrons. The first kappa shape index (κ1) is 9.77. The maximum Gasteiger partial charge on any atom is 0.231 e. The monoisotopic (exact) mass is 231 g/mol. The van der Waals surface area contributed by atoms with Gasteiger partial charge in [0.05, 0.1) is 0 Å². The summed E-state index contributed by atoms with van der Waals surface area (Å²) in [5.41, 5.74) is 2.04. The number of ether oxygens (including phenoxy) is 2. The molecule has 0 radical (unpaired) electrons. The summed E-state index contributed by atoms with van der Waals surface area (Å²) < 4.78 is 10.8. The number of benzene rings is 1. The van der Waals surface area contributed by atoms with Crippen LogP contribution in [0.4, 0.5) is 0 Å². The predicted octanol–water partition coefficient (Wildman–Crippen LogP) is 2.27. The van der Waals surface area contributed by atoms with E-state index in [4.69, 9.17) is 9.47 Å². The van der Waals surface area contributed by atoms with E-state index in [1.807, 2.05) is 0 Å². The van der Waals surface area contributed by atoms with Gasteiger partial charge in [-0.1, -0.05) is 6.07 Å².